The lowest BCUT2D eigenvalue weighted by Gasteiger charge is -2.22. The molecule has 0 bridgehead atoms. The molecule has 0 aliphatic carbocycles. The van der Waals surface area contributed by atoms with E-state index >= 15 is 0 Å². The zero-order valence-corrected chi connectivity index (χ0v) is 14.0. The fourth-order valence-electron chi connectivity index (χ4n) is 2.11. The number of hydrogen-bond acceptors (Lipinski definition) is 5. The summed E-state index contributed by atoms with van der Waals surface area (Å²) in [5, 5.41) is 4.65. The van der Waals surface area contributed by atoms with Crippen LogP contribution < -0.4 is 10.6 Å². The van der Waals surface area contributed by atoms with Gasteiger partial charge in [-0.15, -0.1) is 0 Å². The van der Waals surface area contributed by atoms with Crippen molar-refractivity contribution in [2.75, 3.05) is 26.0 Å². The molecule has 0 fully saturated rings. The number of likely N-dealkylation sites (N-methyl/N-ethyl adjacent to an activating group) is 1. The number of halogens is 3. The lowest BCUT2D eigenvalue weighted by molar-refractivity contribution is -0.141. The van der Waals surface area contributed by atoms with Crippen LogP contribution in [0.15, 0.2) is 41.1 Å². The number of carbonyl (C=O) groups is 2. The Morgan fingerprint density at radius 3 is 2.46 bits per heavy atom. The predicted molar refractivity (Wildman–Crippen MR) is 86.0 cm³/mol. The van der Waals surface area contributed by atoms with Crippen molar-refractivity contribution in [3.8, 4) is 0 Å². The molecule has 2 rings (SSSR count). The molecule has 10 heteroatoms. The van der Waals surface area contributed by atoms with Crippen LogP contribution in [0, 0.1) is 0 Å². The number of pyridine rings is 1. The SMILES string of the molecule is CN(C)[C@H](CNC(=O)C(=O)Nc1ccc(C(F)(F)F)nc1)c1ccco1. The highest BCUT2D eigenvalue weighted by Crippen LogP contribution is 2.27. The minimum Gasteiger partial charge on any atom is -0.468 e. The van der Waals surface area contributed by atoms with Crippen LogP contribution in [0.4, 0.5) is 18.9 Å². The van der Waals surface area contributed by atoms with E-state index in [9.17, 15) is 22.8 Å². The number of hydrogen-bond donors (Lipinski definition) is 2. The van der Waals surface area contributed by atoms with Crippen LogP contribution in [0.3, 0.4) is 0 Å². The maximum atomic E-state index is 12.4. The highest BCUT2D eigenvalue weighted by atomic mass is 19.4. The topological polar surface area (TPSA) is 87.5 Å². The average molecular weight is 370 g/mol. The van der Waals surface area contributed by atoms with Crippen molar-refractivity contribution >= 4 is 17.5 Å². The lowest BCUT2D eigenvalue weighted by Crippen LogP contribution is -2.40. The van der Waals surface area contributed by atoms with E-state index < -0.39 is 23.7 Å². The van der Waals surface area contributed by atoms with Crippen LogP contribution in [0.1, 0.15) is 17.5 Å². The lowest BCUT2D eigenvalue weighted by atomic mass is 10.2. The Labute approximate surface area is 147 Å². The minimum atomic E-state index is -4.58. The number of carbonyl (C=O) groups excluding carboxylic acids is 2. The van der Waals surface area contributed by atoms with Crippen LogP contribution in [0.5, 0.6) is 0 Å². The third kappa shape index (κ3) is 5.06. The van der Waals surface area contributed by atoms with Gasteiger partial charge in [-0.2, -0.15) is 13.2 Å². The number of furan rings is 1. The summed E-state index contributed by atoms with van der Waals surface area (Å²) < 4.78 is 42.6. The molecule has 1 atom stereocenters. The molecule has 0 unspecified atom stereocenters. The molecular weight excluding hydrogens is 353 g/mol. The van der Waals surface area contributed by atoms with E-state index in [1.54, 1.807) is 31.1 Å². The first-order valence-corrected chi connectivity index (χ1v) is 7.50. The maximum absolute atomic E-state index is 12.4. The second-order valence-electron chi connectivity index (χ2n) is 5.59. The van der Waals surface area contributed by atoms with E-state index in [1.165, 1.54) is 6.26 Å². The number of anilines is 1. The normalized spacial score (nSPS) is 12.7. The van der Waals surface area contributed by atoms with Gasteiger partial charge in [-0.3, -0.25) is 14.5 Å². The van der Waals surface area contributed by atoms with Gasteiger partial charge < -0.3 is 15.1 Å². The van der Waals surface area contributed by atoms with Crippen molar-refractivity contribution in [3.63, 3.8) is 0 Å². The minimum absolute atomic E-state index is 0.0201. The molecule has 2 aromatic rings. The van der Waals surface area contributed by atoms with E-state index in [4.69, 9.17) is 4.42 Å². The highest BCUT2D eigenvalue weighted by Gasteiger charge is 2.32. The van der Waals surface area contributed by atoms with E-state index in [1.807, 2.05) is 0 Å². The van der Waals surface area contributed by atoms with Gasteiger partial charge in [-0.1, -0.05) is 0 Å². The fourth-order valence-corrected chi connectivity index (χ4v) is 2.11. The van der Waals surface area contributed by atoms with E-state index in [0.29, 0.717) is 11.8 Å². The van der Waals surface area contributed by atoms with Crippen molar-refractivity contribution in [3.05, 3.63) is 48.2 Å². The molecule has 140 valence electrons. The number of nitrogens with one attached hydrogen (secondary N) is 2. The summed E-state index contributed by atoms with van der Waals surface area (Å²) in [5.41, 5.74) is -1.11. The molecule has 0 saturated heterocycles. The third-order valence-electron chi connectivity index (χ3n) is 3.47. The summed E-state index contributed by atoms with van der Waals surface area (Å²) >= 11 is 0. The van der Waals surface area contributed by atoms with Crippen molar-refractivity contribution in [2.24, 2.45) is 0 Å². The van der Waals surface area contributed by atoms with Gasteiger partial charge >= 0.3 is 18.0 Å². The second-order valence-corrected chi connectivity index (χ2v) is 5.59. The number of aromatic nitrogens is 1. The second kappa shape index (κ2) is 8.00. The highest BCUT2D eigenvalue weighted by molar-refractivity contribution is 6.39. The molecule has 0 aliphatic rings. The predicted octanol–water partition coefficient (Wildman–Crippen LogP) is 2.05. The van der Waals surface area contributed by atoms with Crippen LogP contribution in [0.25, 0.3) is 0 Å². The quantitative estimate of drug-likeness (QED) is 0.787. The van der Waals surface area contributed by atoms with E-state index in [2.05, 4.69) is 15.6 Å². The Bertz CT molecular complexity index is 743. The van der Waals surface area contributed by atoms with Gasteiger partial charge in [-0.05, 0) is 38.4 Å². The number of amides is 2. The summed E-state index contributed by atoms with van der Waals surface area (Å²) in [5.74, 6) is -1.32. The zero-order chi connectivity index (χ0) is 19.3. The summed E-state index contributed by atoms with van der Waals surface area (Å²) in [7, 11) is 3.57. The Kier molecular flexibility index (Phi) is 5.98. The molecule has 0 aromatic carbocycles. The monoisotopic (exact) mass is 370 g/mol. The Hall–Kier alpha value is -2.88. The first-order valence-electron chi connectivity index (χ1n) is 7.50. The number of alkyl halides is 3. The van der Waals surface area contributed by atoms with Gasteiger partial charge in [0, 0.05) is 6.54 Å². The summed E-state index contributed by atoms with van der Waals surface area (Å²) in [6.07, 6.45) is -2.25. The van der Waals surface area contributed by atoms with Crippen molar-refractivity contribution < 1.29 is 27.2 Å². The van der Waals surface area contributed by atoms with Gasteiger partial charge in [0.2, 0.25) is 0 Å². The zero-order valence-electron chi connectivity index (χ0n) is 14.0. The number of rotatable bonds is 5. The largest absolute Gasteiger partial charge is 0.468 e. The van der Waals surface area contributed by atoms with Crippen molar-refractivity contribution in [1.29, 1.82) is 0 Å². The van der Waals surface area contributed by atoms with Gasteiger partial charge in [0.25, 0.3) is 0 Å². The molecule has 7 nitrogen and oxygen atoms in total. The number of nitrogens with zero attached hydrogens (tertiary/aromatic N) is 2. The third-order valence-corrected chi connectivity index (χ3v) is 3.47. The molecule has 0 radical (unpaired) electrons. The molecule has 2 amide bonds. The summed E-state index contributed by atoms with van der Waals surface area (Å²) in [6.45, 7) is 0.109. The van der Waals surface area contributed by atoms with E-state index in [0.717, 1.165) is 12.3 Å². The van der Waals surface area contributed by atoms with E-state index in [-0.39, 0.29) is 18.3 Å². The molecule has 2 aromatic heterocycles. The Balaban J connectivity index is 1.92. The summed E-state index contributed by atoms with van der Waals surface area (Å²) in [6, 6.07) is 4.90. The molecule has 26 heavy (non-hydrogen) atoms. The molecule has 2 N–H and O–H groups in total. The Morgan fingerprint density at radius 1 is 1.23 bits per heavy atom. The Morgan fingerprint density at radius 2 is 1.96 bits per heavy atom. The smallest absolute Gasteiger partial charge is 0.433 e. The first kappa shape index (κ1) is 19.4. The van der Waals surface area contributed by atoms with Crippen molar-refractivity contribution in [2.45, 2.75) is 12.2 Å². The molecule has 0 saturated carbocycles. The summed E-state index contributed by atoms with van der Waals surface area (Å²) in [4.78, 5) is 28.8. The van der Waals surface area contributed by atoms with Crippen LogP contribution >= 0.6 is 0 Å². The molecular formula is C16H17F3N4O3. The maximum Gasteiger partial charge on any atom is 0.433 e. The van der Waals surface area contributed by atoms with Crippen LogP contribution in [-0.4, -0.2) is 42.3 Å². The van der Waals surface area contributed by atoms with Gasteiger partial charge in [0.15, 0.2) is 0 Å². The van der Waals surface area contributed by atoms with Gasteiger partial charge in [-0.25, -0.2) is 4.98 Å². The van der Waals surface area contributed by atoms with Crippen LogP contribution in [0.2, 0.25) is 0 Å². The van der Waals surface area contributed by atoms with Gasteiger partial charge in [0.05, 0.1) is 24.2 Å². The van der Waals surface area contributed by atoms with Crippen molar-refractivity contribution in [1.82, 2.24) is 15.2 Å². The molecule has 2 heterocycles. The molecule has 0 spiro atoms. The fraction of sp³-hybridized carbons (Fsp3) is 0.312. The molecule has 0 aliphatic heterocycles. The average Bonchev–Trinajstić information content (AvgIpc) is 3.08. The van der Waals surface area contributed by atoms with Gasteiger partial charge in [0.1, 0.15) is 11.5 Å². The van der Waals surface area contributed by atoms with Crippen LogP contribution in [-0.2, 0) is 15.8 Å². The first-order chi connectivity index (χ1) is 12.2. The standard InChI is InChI=1S/C16H17F3N4O3/c1-23(2)11(12-4-3-7-26-12)9-21-14(24)15(25)22-10-5-6-13(20-8-10)16(17,18)19/h3-8,11H,9H2,1-2H3,(H,21,24)(H,22,25)/t11-/m1/s1.